The predicted molar refractivity (Wildman–Crippen MR) is 95.6 cm³/mol. The molecule has 1 amide bonds. The van der Waals surface area contributed by atoms with E-state index >= 15 is 0 Å². The maximum atomic E-state index is 13.6. The van der Waals surface area contributed by atoms with Gasteiger partial charge < -0.3 is 10.6 Å². The zero-order valence-electron chi connectivity index (χ0n) is 13.9. The van der Waals surface area contributed by atoms with Gasteiger partial charge in [-0.3, -0.25) is 4.79 Å². The monoisotopic (exact) mass is 336 g/mol. The summed E-state index contributed by atoms with van der Waals surface area (Å²) in [6.45, 7) is 3.99. The third-order valence-corrected chi connectivity index (χ3v) is 3.79. The first-order valence-corrected chi connectivity index (χ1v) is 7.75. The summed E-state index contributed by atoms with van der Waals surface area (Å²) in [4.78, 5) is 20.4. The molecule has 2 aromatic carbocycles. The number of rotatable bonds is 4. The highest BCUT2D eigenvalue weighted by Crippen LogP contribution is 2.18. The Kier molecular flexibility index (Phi) is 4.70. The zero-order chi connectivity index (χ0) is 17.8. The summed E-state index contributed by atoms with van der Waals surface area (Å²) < 4.78 is 13.6. The molecule has 0 spiro atoms. The van der Waals surface area contributed by atoms with Crippen molar-refractivity contribution in [1.29, 1.82) is 0 Å². The van der Waals surface area contributed by atoms with E-state index in [1.54, 1.807) is 18.2 Å². The van der Waals surface area contributed by atoms with E-state index in [9.17, 15) is 9.18 Å². The molecule has 0 radical (unpaired) electrons. The first-order chi connectivity index (χ1) is 12.0. The Balaban J connectivity index is 1.70. The van der Waals surface area contributed by atoms with Crippen LogP contribution in [0.5, 0.6) is 0 Å². The van der Waals surface area contributed by atoms with Crippen LogP contribution >= 0.6 is 0 Å². The molecule has 0 fully saturated rings. The summed E-state index contributed by atoms with van der Waals surface area (Å²) in [5, 5.41) is 5.60. The lowest BCUT2D eigenvalue weighted by Crippen LogP contribution is -2.14. The zero-order valence-corrected chi connectivity index (χ0v) is 13.9. The number of nitrogens with one attached hydrogen (secondary N) is 2. The van der Waals surface area contributed by atoms with Crippen molar-refractivity contribution in [3.8, 4) is 0 Å². The first-order valence-electron chi connectivity index (χ1n) is 7.75. The van der Waals surface area contributed by atoms with Crippen LogP contribution in [0, 0.1) is 19.7 Å². The molecule has 0 bridgehead atoms. The average Bonchev–Trinajstić information content (AvgIpc) is 2.61. The number of carbonyl (C=O) groups is 1. The summed E-state index contributed by atoms with van der Waals surface area (Å²) in [6, 6.07) is 11.9. The van der Waals surface area contributed by atoms with Crippen LogP contribution in [-0.2, 0) is 0 Å². The maximum Gasteiger partial charge on any atom is 0.275 e. The molecular weight excluding hydrogens is 319 g/mol. The molecular formula is C19H17FN4O. The average molecular weight is 336 g/mol. The van der Waals surface area contributed by atoms with Gasteiger partial charge in [-0.1, -0.05) is 18.2 Å². The highest BCUT2D eigenvalue weighted by atomic mass is 19.1. The van der Waals surface area contributed by atoms with E-state index in [4.69, 9.17) is 0 Å². The van der Waals surface area contributed by atoms with Crippen LogP contribution < -0.4 is 10.6 Å². The summed E-state index contributed by atoms with van der Waals surface area (Å²) in [5.74, 6) is -0.387. The predicted octanol–water partition coefficient (Wildman–Crippen LogP) is 4.23. The highest BCUT2D eigenvalue weighted by Gasteiger charge is 2.10. The normalized spacial score (nSPS) is 10.4. The molecule has 0 saturated carbocycles. The molecule has 3 aromatic rings. The van der Waals surface area contributed by atoms with Crippen LogP contribution in [0.4, 0.5) is 21.6 Å². The van der Waals surface area contributed by atoms with E-state index in [0.29, 0.717) is 17.2 Å². The third kappa shape index (κ3) is 3.98. The lowest BCUT2D eigenvalue weighted by atomic mass is 10.1. The van der Waals surface area contributed by atoms with Crippen molar-refractivity contribution in [3.05, 3.63) is 77.5 Å². The summed E-state index contributed by atoms with van der Waals surface area (Å²) in [5.41, 5.74) is 3.42. The fourth-order valence-electron chi connectivity index (χ4n) is 2.22. The van der Waals surface area contributed by atoms with Gasteiger partial charge in [-0.05, 0) is 49.2 Å². The molecule has 5 nitrogen and oxygen atoms in total. The first kappa shape index (κ1) is 16.6. The van der Waals surface area contributed by atoms with Gasteiger partial charge >= 0.3 is 0 Å². The van der Waals surface area contributed by atoms with Gasteiger partial charge in [-0.25, -0.2) is 14.4 Å². The summed E-state index contributed by atoms with van der Waals surface area (Å²) >= 11 is 0. The van der Waals surface area contributed by atoms with Crippen LogP contribution in [0.3, 0.4) is 0 Å². The van der Waals surface area contributed by atoms with E-state index in [2.05, 4.69) is 20.6 Å². The Hall–Kier alpha value is -3.28. The van der Waals surface area contributed by atoms with Gasteiger partial charge in [0.15, 0.2) is 0 Å². The topological polar surface area (TPSA) is 66.9 Å². The molecule has 0 atom stereocenters. The molecule has 0 unspecified atom stereocenters. The SMILES string of the molecule is Cc1ccc(NC(=O)c2cnc(Nc3ccccc3F)cn2)cc1C. The largest absolute Gasteiger partial charge is 0.337 e. The van der Waals surface area contributed by atoms with Crippen molar-refractivity contribution in [2.45, 2.75) is 13.8 Å². The Morgan fingerprint density at radius 2 is 1.80 bits per heavy atom. The number of halogens is 1. The molecule has 2 N–H and O–H groups in total. The minimum absolute atomic E-state index is 0.178. The Morgan fingerprint density at radius 1 is 1.00 bits per heavy atom. The van der Waals surface area contributed by atoms with E-state index in [1.807, 2.05) is 32.0 Å². The second-order valence-electron chi connectivity index (χ2n) is 5.64. The summed E-state index contributed by atoms with van der Waals surface area (Å²) in [6.07, 6.45) is 2.74. The molecule has 25 heavy (non-hydrogen) atoms. The van der Waals surface area contributed by atoms with E-state index in [-0.39, 0.29) is 17.4 Å². The smallest absolute Gasteiger partial charge is 0.275 e. The van der Waals surface area contributed by atoms with Crippen molar-refractivity contribution >= 4 is 23.1 Å². The van der Waals surface area contributed by atoms with Crippen molar-refractivity contribution in [2.75, 3.05) is 10.6 Å². The van der Waals surface area contributed by atoms with Gasteiger partial charge in [-0.2, -0.15) is 0 Å². The van der Waals surface area contributed by atoms with E-state index < -0.39 is 0 Å². The minimum atomic E-state index is -0.388. The van der Waals surface area contributed by atoms with Crippen LogP contribution in [0.25, 0.3) is 0 Å². The number of aryl methyl sites for hydroxylation is 2. The number of carbonyl (C=O) groups excluding carboxylic acids is 1. The quantitative estimate of drug-likeness (QED) is 0.748. The molecule has 1 heterocycles. The molecule has 1 aromatic heterocycles. The fourth-order valence-corrected chi connectivity index (χ4v) is 2.22. The number of para-hydroxylation sites is 1. The van der Waals surface area contributed by atoms with Crippen LogP contribution in [0.2, 0.25) is 0 Å². The number of aromatic nitrogens is 2. The molecule has 6 heteroatoms. The number of hydrogen-bond acceptors (Lipinski definition) is 4. The second kappa shape index (κ2) is 7.09. The van der Waals surface area contributed by atoms with Crippen molar-refractivity contribution in [2.24, 2.45) is 0 Å². The Labute approximate surface area is 145 Å². The maximum absolute atomic E-state index is 13.6. The van der Waals surface area contributed by atoms with Crippen LogP contribution in [0.15, 0.2) is 54.9 Å². The van der Waals surface area contributed by atoms with Gasteiger partial charge in [0.1, 0.15) is 17.3 Å². The fraction of sp³-hybridized carbons (Fsp3) is 0.105. The standard InChI is InChI=1S/C19H17FN4O/c1-12-7-8-14(9-13(12)2)23-19(25)17-10-22-18(11-21-17)24-16-6-4-3-5-15(16)20/h3-11H,1-2H3,(H,22,24)(H,23,25). The molecule has 0 saturated heterocycles. The van der Waals surface area contributed by atoms with Crippen molar-refractivity contribution in [1.82, 2.24) is 9.97 Å². The molecule has 3 rings (SSSR count). The van der Waals surface area contributed by atoms with Crippen LogP contribution in [0.1, 0.15) is 21.6 Å². The van der Waals surface area contributed by atoms with Crippen molar-refractivity contribution < 1.29 is 9.18 Å². The molecule has 126 valence electrons. The van der Waals surface area contributed by atoms with E-state index in [0.717, 1.165) is 11.1 Å². The van der Waals surface area contributed by atoms with Crippen LogP contribution in [-0.4, -0.2) is 15.9 Å². The lowest BCUT2D eigenvalue weighted by Gasteiger charge is -2.08. The lowest BCUT2D eigenvalue weighted by molar-refractivity contribution is 0.102. The number of anilines is 3. The van der Waals surface area contributed by atoms with Crippen molar-refractivity contribution in [3.63, 3.8) is 0 Å². The van der Waals surface area contributed by atoms with Gasteiger partial charge in [0, 0.05) is 5.69 Å². The molecule has 0 aliphatic heterocycles. The van der Waals surface area contributed by atoms with Gasteiger partial charge in [-0.15, -0.1) is 0 Å². The number of amides is 1. The number of hydrogen-bond donors (Lipinski definition) is 2. The minimum Gasteiger partial charge on any atom is -0.337 e. The van der Waals surface area contributed by atoms with E-state index in [1.165, 1.54) is 18.5 Å². The number of nitrogens with zero attached hydrogens (tertiary/aromatic N) is 2. The third-order valence-electron chi connectivity index (χ3n) is 3.79. The van der Waals surface area contributed by atoms with Gasteiger partial charge in [0.2, 0.25) is 0 Å². The Bertz CT molecular complexity index is 910. The summed E-state index contributed by atoms with van der Waals surface area (Å²) in [7, 11) is 0. The highest BCUT2D eigenvalue weighted by molar-refractivity contribution is 6.02. The Morgan fingerprint density at radius 3 is 2.48 bits per heavy atom. The van der Waals surface area contributed by atoms with Gasteiger partial charge in [0.05, 0.1) is 18.1 Å². The molecule has 0 aliphatic carbocycles. The van der Waals surface area contributed by atoms with Gasteiger partial charge in [0.25, 0.3) is 5.91 Å². The second-order valence-corrected chi connectivity index (χ2v) is 5.64. The number of benzene rings is 2. The molecule has 0 aliphatic rings.